The molecule has 0 atom stereocenters. The normalized spacial score (nSPS) is 10.4. The molecule has 4 nitrogen and oxygen atoms in total. The van der Waals surface area contributed by atoms with Gasteiger partial charge in [-0.15, -0.1) is 0 Å². The minimum Gasteiger partial charge on any atom is -0.483 e. The third-order valence-electron chi connectivity index (χ3n) is 3.17. The van der Waals surface area contributed by atoms with Gasteiger partial charge in [0.15, 0.2) is 6.61 Å². The molecule has 0 saturated heterocycles. The molecule has 4 heteroatoms. The molecule has 1 aromatic rings. The van der Waals surface area contributed by atoms with E-state index in [9.17, 15) is 4.79 Å². The number of hydrogen-bond acceptors (Lipinski definition) is 3. The first-order chi connectivity index (χ1) is 10.2. The van der Waals surface area contributed by atoms with Crippen molar-refractivity contribution in [3.8, 4) is 5.75 Å². The molecule has 0 unspecified atom stereocenters. The number of amides is 1. The van der Waals surface area contributed by atoms with Crippen molar-refractivity contribution < 1.29 is 9.53 Å². The van der Waals surface area contributed by atoms with Crippen LogP contribution in [0.3, 0.4) is 0 Å². The summed E-state index contributed by atoms with van der Waals surface area (Å²) in [6, 6.07) is 6.05. The zero-order valence-electron chi connectivity index (χ0n) is 13.5. The average Bonchev–Trinajstić information content (AvgIpc) is 2.47. The minimum absolute atomic E-state index is 0.0588. The SMILES string of the molecule is CCCCNC(=O)COc1ccc(C)cc1CNCCC. The first-order valence-electron chi connectivity index (χ1n) is 7.87. The summed E-state index contributed by atoms with van der Waals surface area (Å²) >= 11 is 0. The van der Waals surface area contributed by atoms with Crippen LogP contribution in [0.1, 0.15) is 44.2 Å². The van der Waals surface area contributed by atoms with Crippen LogP contribution >= 0.6 is 0 Å². The molecule has 0 aromatic heterocycles. The van der Waals surface area contributed by atoms with Crippen LogP contribution < -0.4 is 15.4 Å². The predicted octanol–water partition coefficient (Wildman–Crippen LogP) is 2.79. The van der Waals surface area contributed by atoms with Crippen LogP contribution in [-0.2, 0) is 11.3 Å². The molecule has 0 aliphatic heterocycles. The number of carbonyl (C=O) groups is 1. The van der Waals surface area contributed by atoms with Gasteiger partial charge in [0.25, 0.3) is 5.91 Å². The lowest BCUT2D eigenvalue weighted by Crippen LogP contribution is -2.29. The highest BCUT2D eigenvalue weighted by Crippen LogP contribution is 2.19. The highest BCUT2D eigenvalue weighted by molar-refractivity contribution is 5.77. The van der Waals surface area contributed by atoms with Crippen LogP contribution in [0.2, 0.25) is 0 Å². The number of rotatable bonds is 10. The summed E-state index contributed by atoms with van der Waals surface area (Å²) < 4.78 is 5.66. The monoisotopic (exact) mass is 292 g/mol. The van der Waals surface area contributed by atoms with E-state index in [-0.39, 0.29) is 12.5 Å². The number of aryl methyl sites for hydroxylation is 1. The van der Waals surface area contributed by atoms with Crippen LogP contribution in [0.15, 0.2) is 18.2 Å². The van der Waals surface area contributed by atoms with Crippen LogP contribution in [0.25, 0.3) is 0 Å². The van der Waals surface area contributed by atoms with E-state index in [1.165, 1.54) is 5.56 Å². The summed E-state index contributed by atoms with van der Waals surface area (Å²) in [6.45, 7) is 8.84. The van der Waals surface area contributed by atoms with Crippen molar-refractivity contribution in [3.05, 3.63) is 29.3 Å². The van der Waals surface area contributed by atoms with Gasteiger partial charge in [0.2, 0.25) is 0 Å². The molecule has 2 N–H and O–H groups in total. The average molecular weight is 292 g/mol. The van der Waals surface area contributed by atoms with E-state index < -0.39 is 0 Å². The maximum absolute atomic E-state index is 11.7. The summed E-state index contributed by atoms with van der Waals surface area (Å²) in [5.41, 5.74) is 2.30. The Morgan fingerprint density at radius 1 is 1.19 bits per heavy atom. The van der Waals surface area contributed by atoms with E-state index >= 15 is 0 Å². The van der Waals surface area contributed by atoms with Crippen LogP contribution in [0.5, 0.6) is 5.75 Å². The molecule has 0 fully saturated rings. The Morgan fingerprint density at radius 3 is 2.71 bits per heavy atom. The van der Waals surface area contributed by atoms with Crippen LogP contribution in [-0.4, -0.2) is 25.6 Å². The Kier molecular flexibility index (Phi) is 8.51. The van der Waals surface area contributed by atoms with Gasteiger partial charge in [-0.2, -0.15) is 0 Å². The number of ether oxygens (including phenoxy) is 1. The van der Waals surface area contributed by atoms with Gasteiger partial charge in [0.1, 0.15) is 5.75 Å². The molecule has 1 aromatic carbocycles. The second-order valence-electron chi connectivity index (χ2n) is 5.28. The lowest BCUT2D eigenvalue weighted by Gasteiger charge is -2.13. The summed E-state index contributed by atoms with van der Waals surface area (Å²) in [4.78, 5) is 11.7. The number of unbranched alkanes of at least 4 members (excludes halogenated alkanes) is 1. The smallest absolute Gasteiger partial charge is 0.257 e. The van der Waals surface area contributed by atoms with Crippen molar-refractivity contribution in [2.75, 3.05) is 19.7 Å². The van der Waals surface area contributed by atoms with E-state index in [1.807, 2.05) is 12.1 Å². The van der Waals surface area contributed by atoms with Gasteiger partial charge in [0.05, 0.1) is 0 Å². The van der Waals surface area contributed by atoms with E-state index in [0.717, 1.165) is 50.2 Å². The summed E-state index contributed by atoms with van der Waals surface area (Å²) in [6.07, 6.45) is 3.18. The van der Waals surface area contributed by atoms with E-state index in [0.29, 0.717) is 0 Å². The van der Waals surface area contributed by atoms with Gasteiger partial charge < -0.3 is 15.4 Å². The predicted molar refractivity (Wildman–Crippen MR) is 86.6 cm³/mol. The number of carbonyl (C=O) groups excluding carboxylic acids is 1. The zero-order valence-corrected chi connectivity index (χ0v) is 13.5. The minimum atomic E-state index is -0.0588. The molecule has 0 heterocycles. The highest BCUT2D eigenvalue weighted by atomic mass is 16.5. The van der Waals surface area contributed by atoms with Crippen LogP contribution in [0, 0.1) is 6.92 Å². The van der Waals surface area contributed by atoms with Crippen LogP contribution in [0.4, 0.5) is 0 Å². The summed E-state index contributed by atoms with van der Waals surface area (Å²) in [5.74, 6) is 0.728. The summed E-state index contributed by atoms with van der Waals surface area (Å²) in [7, 11) is 0. The molecule has 1 rings (SSSR count). The Balaban J connectivity index is 2.50. The van der Waals surface area contributed by atoms with Crippen molar-refractivity contribution in [1.29, 1.82) is 0 Å². The molecule has 0 spiro atoms. The second-order valence-corrected chi connectivity index (χ2v) is 5.28. The first-order valence-corrected chi connectivity index (χ1v) is 7.87. The third-order valence-corrected chi connectivity index (χ3v) is 3.17. The zero-order chi connectivity index (χ0) is 15.5. The van der Waals surface area contributed by atoms with Gasteiger partial charge >= 0.3 is 0 Å². The van der Waals surface area contributed by atoms with Gasteiger partial charge in [-0.25, -0.2) is 0 Å². The van der Waals surface area contributed by atoms with Crippen molar-refractivity contribution in [3.63, 3.8) is 0 Å². The quantitative estimate of drug-likeness (QED) is 0.652. The lowest BCUT2D eigenvalue weighted by atomic mass is 10.1. The van der Waals surface area contributed by atoms with E-state index in [4.69, 9.17) is 4.74 Å². The fourth-order valence-corrected chi connectivity index (χ4v) is 1.99. The topological polar surface area (TPSA) is 50.4 Å². The molecule has 0 radical (unpaired) electrons. The maximum atomic E-state index is 11.7. The standard InChI is InChI=1S/C17H28N2O2/c1-4-6-10-19-17(20)13-21-16-8-7-14(3)11-15(16)12-18-9-5-2/h7-8,11,18H,4-6,9-10,12-13H2,1-3H3,(H,19,20). The van der Waals surface area contributed by atoms with Crippen molar-refractivity contribution in [1.82, 2.24) is 10.6 Å². The molecule has 1 amide bonds. The van der Waals surface area contributed by atoms with Gasteiger partial charge in [-0.05, 0) is 32.4 Å². The molecule has 0 aliphatic rings. The Morgan fingerprint density at radius 2 is 2.00 bits per heavy atom. The molecule has 0 bridgehead atoms. The molecular formula is C17H28N2O2. The van der Waals surface area contributed by atoms with E-state index in [2.05, 4.69) is 37.5 Å². The number of hydrogen-bond donors (Lipinski definition) is 2. The Hall–Kier alpha value is -1.55. The fourth-order valence-electron chi connectivity index (χ4n) is 1.99. The lowest BCUT2D eigenvalue weighted by molar-refractivity contribution is -0.123. The van der Waals surface area contributed by atoms with Crippen molar-refractivity contribution in [2.24, 2.45) is 0 Å². The largest absolute Gasteiger partial charge is 0.483 e. The number of benzene rings is 1. The highest BCUT2D eigenvalue weighted by Gasteiger charge is 2.07. The molecule has 118 valence electrons. The Labute approximate surface area is 128 Å². The summed E-state index contributed by atoms with van der Waals surface area (Å²) in [5, 5.41) is 6.23. The van der Waals surface area contributed by atoms with Gasteiger partial charge in [-0.1, -0.05) is 38.0 Å². The molecule has 0 saturated carbocycles. The first kappa shape index (κ1) is 17.5. The molecule has 0 aliphatic carbocycles. The second kappa shape index (κ2) is 10.2. The number of nitrogens with one attached hydrogen (secondary N) is 2. The molecular weight excluding hydrogens is 264 g/mol. The van der Waals surface area contributed by atoms with Gasteiger partial charge in [0, 0.05) is 18.7 Å². The third kappa shape index (κ3) is 7.14. The Bertz CT molecular complexity index is 433. The van der Waals surface area contributed by atoms with Crippen molar-refractivity contribution >= 4 is 5.91 Å². The molecule has 21 heavy (non-hydrogen) atoms. The van der Waals surface area contributed by atoms with Crippen molar-refractivity contribution in [2.45, 2.75) is 46.6 Å². The van der Waals surface area contributed by atoms with Gasteiger partial charge in [-0.3, -0.25) is 4.79 Å². The van der Waals surface area contributed by atoms with E-state index in [1.54, 1.807) is 0 Å². The maximum Gasteiger partial charge on any atom is 0.257 e. The fraction of sp³-hybridized carbons (Fsp3) is 0.588.